The van der Waals surface area contributed by atoms with Gasteiger partial charge in [0.05, 0.1) is 13.2 Å². The number of hydrogen-bond acceptors (Lipinski definition) is 9. The van der Waals surface area contributed by atoms with Crippen molar-refractivity contribution >= 4 is 42.3 Å². The highest BCUT2D eigenvalue weighted by atomic mass is 32.1. The molecule has 0 saturated heterocycles. The summed E-state index contributed by atoms with van der Waals surface area (Å²) in [5.41, 5.74) is 15.8. The minimum absolute atomic E-state index is 0.0423. The molecule has 0 saturated carbocycles. The second-order valence-electron chi connectivity index (χ2n) is 6.12. The molecule has 0 rings (SSSR count). The van der Waals surface area contributed by atoms with E-state index in [2.05, 4.69) is 33.6 Å². The average molecular weight is 452 g/mol. The van der Waals surface area contributed by atoms with Crippen LogP contribution in [0.3, 0.4) is 0 Å². The molecular weight excluding hydrogens is 422 g/mol. The van der Waals surface area contributed by atoms with Crippen molar-refractivity contribution in [2.24, 2.45) is 22.2 Å². The van der Waals surface area contributed by atoms with Crippen LogP contribution in [0.15, 0.2) is 4.99 Å². The molecule has 0 aromatic heterocycles. The van der Waals surface area contributed by atoms with Gasteiger partial charge in [0.25, 0.3) is 0 Å². The van der Waals surface area contributed by atoms with E-state index < -0.39 is 61.1 Å². The van der Waals surface area contributed by atoms with Crippen LogP contribution in [-0.4, -0.2) is 94.6 Å². The molecule has 0 spiro atoms. The number of carbonyl (C=O) groups is 4. The van der Waals surface area contributed by atoms with Crippen LogP contribution in [-0.2, 0) is 19.2 Å². The topological polar surface area (TPSA) is 255 Å². The Morgan fingerprint density at radius 1 is 0.900 bits per heavy atom. The number of carbonyl (C=O) groups excluding carboxylic acids is 3. The van der Waals surface area contributed by atoms with Crippen LogP contribution in [0.1, 0.15) is 12.8 Å². The predicted octanol–water partition coefficient (Wildman–Crippen LogP) is -5.18. The van der Waals surface area contributed by atoms with E-state index in [-0.39, 0.29) is 31.1 Å². The zero-order chi connectivity index (χ0) is 23.3. The Bertz CT molecular complexity index is 630. The summed E-state index contributed by atoms with van der Waals surface area (Å²) in [6.45, 7) is -1.34. The lowest BCUT2D eigenvalue weighted by atomic mass is 10.1. The Morgan fingerprint density at radius 2 is 1.43 bits per heavy atom. The van der Waals surface area contributed by atoms with E-state index in [1.807, 2.05) is 0 Å². The van der Waals surface area contributed by atoms with Gasteiger partial charge in [-0.15, -0.1) is 0 Å². The van der Waals surface area contributed by atoms with Crippen molar-refractivity contribution in [1.82, 2.24) is 16.0 Å². The maximum Gasteiger partial charge on any atom is 0.327 e. The number of nitrogens with one attached hydrogen (secondary N) is 3. The Balaban J connectivity index is 5.18. The van der Waals surface area contributed by atoms with Gasteiger partial charge >= 0.3 is 5.97 Å². The third kappa shape index (κ3) is 10.2. The third-order valence-corrected chi connectivity index (χ3v) is 4.09. The van der Waals surface area contributed by atoms with Crippen molar-refractivity contribution in [3.05, 3.63) is 0 Å². The fourth-order valence-electron chi connectivity index (χ4n) is 2.06. The summed E-state index contributed by atoms with van der Waals surface area (Å²) in [6.07, 6.45) is 0.308. The summed E-state index contributed by atoms with van der Waals surface area (Å²) >= 11 is 3.80. The van der Waals surface area contributed by atoms with Crippen LogP contribution in [0.25, 0.3) is 0 Å². The van der Waals surface area contributed by atoms with Crippen molar-refractivity contribution in [2.45, 2.75) is 37.0 Å². The molecule has 14 nitrogen and oxygen atoms in total. The fraction of sp³-hybridized carbons (Fsp3) is 0.667. The maximum absolute atomic E-state index is 12.5. The van der Waals surface area contributed by atoms with Crippen molar-refractivity contribution in [1.29, 1.82) is 0 Å². The van der Waals surface area contributed by atoms with Crippen molar-refractivity contribution in [2.75, 3.05) is 25.5 Å². The lowest BCUT2D eigenvalue weighted by Crippen LogP contribution is -2.58. The number of nitrogens with zero attached hydrogens (tertiary/aromatic N) is 1. The smallest absolute Gasteiger partial charge is 0.327 e. The number of carboxylic acid groups (broad SMARTS) is 1. The highest BCUT2D eigenvalue weighted by molar-refractivity contribution is 7.80. The molecule has 172 valence electrons. The van der Waals surface area contributed by atoms with Gasteiger partial charge in [0.15, 0.2) is 5.96 Å². The number of aliphatic carboxylic acids is 1. The molecule has 15 heteroatoms. The number of rotatable bonds is 14. The van der Waals surface area contributed by atoms with E-state index in [4.69, 9.17) is 27.4 Å². The molecule has 3 amide bonds. The minimum Gasteiger partial charge on any atom is -0.480 e. The fourth-order valence-corrected chi connectivity index (χ4v) is 2.31. The zero-order valence-electron chi connectivity index (χ0n) is 16.2. The first-order valence-corrected chi connectivity index (χ1v) is 9.48. The third-order valence-electron chi connectivity index (χ3n) is 3.72. The van der Waals surface area contributed by atoms with Gasteiger partial charge in [0.1, 0.15) is 24.2 Å². The maximum atomic E-state index is 12.5. The summed E-state index contributed by atoms with van der Waals surface area (Å²) in [6, 6.07) is -5.28. The number of hydrogen-bond donors (Lipinski definition) is 10. The standard InChI is InChI=1S/C15H29N7O7S/c16-7(4-23)11(25)20-8(2-1-3-19-15(17)18)12(26)21-9(5-24)13(27)22-10(6-30)14(28)29/h7-10,23-24,30H,1-6,16H2,(H,20,25)(H,21,26)(H,22,27)(H,28,29)(H4,17,18,19). The summed E-state index contributed by atoms with van der Waals surface area (Å²) in [7, 11) is 0. The van der Waals surface area contributed by atoms with E-state index in [0.29, 0.717) is 0 Å². The Morgan fingerprint density at radius 3 is 1.90 bits per heavy atom. The van der Waals surface area contributed by atoms with E-state index >= 15 is 0 Å². The lowest BCUT2D eigenvalue weighted by Gasteiger charge is -2.23. The lowest BCUT2D eigenvalue weighted by molar-refractivity contribution is -0.142. The second-order valence-corrected chi connectivity index (χ2v) is 6.49. The van der Waals surface area contributed by atoms with Crippen LogP contribution >= 0.6 is 12.6 Å². The van der Waals surface area contributed by atoms with E-state index in [1.54, 1.807) is 0 Å². The number of aliphatic imine (C=N–C) groups is 1. The molecule has 0 aromatic carbocycles. The number of guanidine groups is 1. The number of aliphatic hydroxyl groups is 2. The van der Waals surface area contributed by atoms with Gasteiger partial charge in [0.2, 0.25) is 17.7 Å². The Labute approximate surface area is 178 Å². The number of aliphatic hydroxyl groups excluding tert-OH is 2. The second kappa shape index (κ2) is 14.4. The zero-order valence-corrected chi connectivity index (χ0v) is 17.0. The largest absolute Gasteiger partial charge is 0.480 e. The van der Waals surface area contributed by atoms with E-state index in [1.165, 1.54) is 0 Å². The molecule has 4 atom stereocenters. The number of carboxylic acids is 1. The van der Waals surface area contributed by atoms with Gasteiger partial charge in [0, 0.05) is 12.3 Å². The van der Waals surface area contributed by atoms with Gasteiger partial charge in [-0.05, 0) is 12.8 Å². The highest BCUT2D eigenvalue weighted by Gasteiger charge is 2.29. The van der Waals surface area contributed by atoms with Gasteiger partial charge in [-0.3, -0.25) is 19.4 Å². The van der Waals surface area contributed by atoms with Crippen LogP contribution in [0.5, 0.6) is 0 Å². The molecule has 4 unspecified atom stereocenters. The molecular formula is C15H29N7O7S. The minimum atomic E-state index is -1.48. The average Bonchev–Trinajstić information content (AvgIpc) is 2.70. The number of thiol groups is 1. The Hall–Kier alpha value is -2.62. The summed E-state index contributed by atoms with van der Waals surface area (Å²) in [4.78, 5) is 51.4. The molecule has 0 heterocycles. The van der Waals surface area contributed by atoms with Crippen molar-refractivity contribution < 1.29 is 34.5 Å². The first kappa shape index (κ1) is 27.4. The van der Waals surface area contributed by atoms with E-state index in [0.717, 1.165) is 0 Å². The van der Waals surface area contributed by atoms with Crippen molar-refractivity contribution in [3.63, 3.8) is 0 Å². The first-order chi connectivity index (χ1) is 14.1. The quantitative estimate of drug-likeness (QED) is 0.0519. The molecule has 12 N–H and O–H groups in total. The van der Waals surface area contributed by atoms with Crippen LogP contribution < -0.4 is 33.2 Å². The predicted molar refractivity (Wildman–Crippen MR) is 109 cm³/mol. The van der Waals surface area contributed by atoms with Gasteiger partial charge in [-0.25, -0.2) is 4.79 Å². The number of nitrogens with two attached hydrogens (primary N) is 3. The van der Waals surface area contributed by atoms with Gasteiger partial charge < -0.3 is 48.5 Å². The van der Waals surface area contributed by atoms with Gasteiger partial charge in [-0.2, -0.15) is 12.6 Å². The van der Waals surface area contributed by atoms with Crippen LogP contribution in [0.2, 0.25) is 0 Å². The molecule has 0 aliphatic heterocycles. The molecule has 0 aromatic rings. The first-order valence-electron chi connectivity index (χ1n) is 8.84. The summed E-state index contributed by atoms with van der Waals surface area (Å²) in [5.74, 6) is -4.32. The molecule has 0 radical (unpaired) electrons. The van der Waals surface area contributed by atoms with Gasteiger partial charge in [-0.1, -0.05) is 0 Å². The van der Waals surface area contributed by atoms with E-state index in [9.17, 15) is 24.3 Å². The summed E-state index contributed by atoms with van der Waals surface area (Å²) in [5, 5.41) is 34.0. The molecule has 0 aliphatic carbocycles. The molecule has 0 fully saturated rings. The summed E-state index contributed by atoms with van der Waals surface area (Å²) < 4.78 is 0. The molecule has 0 aliphatic rings. The molecule has 0 bridgehead atoms. The van der Waals surface area contributed by atoms with Crippen molar-refractivity contribution in [3.8, 4) is 0 Å². The normalized spacial score (nSPS) is 14.5. The Kier molecular flexibility index (Phi) is 13.1. The van der Waals surface area contributed by atoms with Crippen LogP contribution in [0.4, 0.5) is 0 Å². The highest BCUT2D eigenvalue weighted by Crippen LogP contribution is 2.01. The monoisotopic (exact) mass is 451 g/mol. The van der Waals surface area contributed by atoms with Crippen LogP contribution in [0, 0.1) is 0 Å². The SMILES string of the molecule is NC(N)=NCCCC(NC(=O)C(N)CO)C(=O)NC(CO)C(=O)NC(CS)C(=O)O. The number of amides is 3. The molecule has 30 heavy (non-hydrogen) atoms.